The van der Waals surface area contributed by atoms with E-state index in [1.807, 2.05) is 47.4 Å². The van der Waals surface area contributed by atoms with Crippen molar-refractivity contribution in [3.63, 3.8) is 0 Å². The molecule has 1 saturated heterocycles. The Hall–Kier alpha value is -4.88. The summed E-state index contributed by atoms with van der Waals surface area (Å²) in [5.74, 6) is -6.16. The van der Waals surface area contributed by atoms with Crippen molar-refractivity contribution in [1.29, 1.82) is 0 Å². The predicted octanol–water partition coefficient (Wildman–Crippen LogP) is 5.69. The van der Waals surface area contributed by atoms with E-state index in [4.69, 9.17) is 21.1 Å². The van der Waals surface area contributed by atoms with E-state index in [0.717, 1.165) is 41.2 Å². The largest absolute Gasteiger partial charge is 0.488 e. The third-order valence-electron chi connectivity index (χ3n) is 9.82. The van der Waals surface area contributed by atoms with E-state index in [2.05, 4.69) is 5.32 Å². The number of nitrogens with zero attached hydrogens (tertiary/aromatic N) is 2. The summed E-state index contributed by atoms with van der Waals surface area (Å²) in [7, 11) is 0. The second-order valence-corrected chi connectivity index (χ2v) is 13.9. The van der Waals surface area contributed by atoms with Crippen LogP contribution in [0, 0.1) is 17.5 Å². The van der Waals surface area contributed by atoms with Crippen LogP contribution in [0.15, 0.2) is 66.2 Å². The number of nitrogens with one attached hydrogen (secondary N) is 1. The number of piperazine rings is 1. The van der Waals surface area contributed by atoms with Gasteiger partial charge in [0.2, 0.25) is 11.7 Å². The van der Waals surface area contributed by atoms with E-state index in [-0.39, 0.29) is 50.6 Å². The van der Waals surface area contributed by atoms with E-state index in [1.165, 1.54) is 0 Å². The van der Waals surface area contributed by atoms with Gasteiger partial charge in [-0.2, -0.15) is 4.39 Å². The first-order valence-corrected chi connectivity index (χ1v) is 17.9. The fourth-order valence-electron chi connectivity index (χ4n) is 7.14. The standard InChI is InChI=1S/C39H39ClF3N3O7/c40-30-6-2-1-5-25(30)21-45(26-11-12-26)39(51)36-29(16-27-19-44-20-33(36)46(27)34(48)17-28(53-22-47)18-35(49)50)24-9-7-23(8-10-24)4-3-15-52-38-32(42)14-13-31(41)37(38)43/h1-2,5-10,13-14,22,26-28,33,44H,3-4,11-12,15-21H2,(H,49,50)/t27-,28+,33-/m1/s1. The Morgan fingerprint density at radius 1 is 1.00 bits per heavy atom. The molecule has 10 nitrogen and oxygen atoms in total. The maximum atomic E-state index is 14.9. The van der Waals surface area contributed by atoms with Crippen LogP contribution in [0.25, 0.3) is 5.57 Å². The van der Waals surface area contributed by atoms with Crippen molar-refractivity contribution in [3.8, 4) is 5.75 Å². The molecule has 3 aliphatic rings. The van der Waals surface area contributed by atoms with E-state index in [9.17, 15) is 37.5 Å². The van der Waals surface area contributed by atoms with Gasteiger partial charge in [-0.15, -0.1) is 0 Å². The molecular weight excluding hydrogens is 715 g/mol. The minimum Gasteiger partial charge on any atom is -0.488 e. The summed E-state index contributed by atoms with van der Waals surface area (Å²) < 4.78 is 51.7. The number of ether oxygens (including phenoxy) is 2. The zero-order chi connectivity index (χ0) is 37.6. The van der Waals surface area contributed by atoms with Gasteiger partial charge in [0, 0.05) is 42.3 Å². The van der Waals surface area contributed by atoms with E-state index in [1.54, 1.807) is 11.0 Å². The minimum atomic E-state index is -1.37. The number of hydrogen-bond acceptors (Lipinski definition) is 7. The third kappa shape index (κ3) is 8.85. The molecule has 2 fully saturated rings. The maximum Gasteiger partial charge on any atom is 0.307 e. The number of carbonyl (C=O) groups is 4. The summed E-state index contributed by atoms with van der Waals surface area (Å²) >= 11 is 6.53. The molecular formula is C39H39ClF3N3O7. The van der Waals surface area contributed by atoms with E-state index in [0.29, 0.717) is 42.5 Å². The maximum absolute atomic E-state index is 14.9. The van der Waals surface area contributed by atoms with Gasteiger partial charge in [0.25, 0.3) is 12.4 Å². The SMILES string of the molecule is O=CO[C@H](CC(=O)O)CC(=O)N1[C@H]2CNC[C@@H]1C(C(=O)N(Cc1ccccc1Cl)C1CC1)=C(c1ccc(CCCOc3c(F)ccc(F)c3F)cc1)C2. The highest BCUT2D eigenvalue weighted by Gasteiger charge is 2.47. The molecule has 14 heteroatoms. The summed E-state index contributed by atoms with van der Waals surface area (Å²) in [4.78, 5) is 54.8. The first kappa shape index (κ1) is 37.9. The van der Waals surface area contributed by atoms with Crippen LogP contribution in [0.5, 0.6) is 5.75 Å². The number of hydrogen-bond donors (Lipinski definition) is 2. The molecule has 0 radical (unpaired) electrons. The topological polar surface area (TPSA) is 125 Å². The zero-order valence-electron chi connectivity index (χ0n) is 28.7. The molecule has 1 saturated carbocycles. The Morgan fingerprint density at radius 3 is 2.43 bits per heavy atom. The minimum absolute atomic E-state index is 0.00851. The van der Waals surface area contributed by atoms with Crippen molar-refractivity contribution < 1.29 is 46.9 Å². The summed E-state index contributed by atoms with van der Waals surface area (Å²) in [6.07, 6.45) is 0.812. The molecule has 2 heterocycles. The summed E-state index contributed by atoms with van der Waals surface area (Å²) in [6, 6.07) is 15.4. The highest BCUT2D eigenvalue weighted by molar-refractivity contribution is 6.31. The van der Waals surface area contributed by atoms with Gasteiger partial charge in [-0.3, -0.25) is 19.2 Å². The number of benzene rings is 3. The Morgan fingerprint density at radius 2 is 1.74 bits per heavy atom. The lowest BCUT2D eigenvalue weighted by Crippen LogP contribution is -2.64. The number of amides is 2. The second kappa shape index (κ2) is 16.9. The van der Waals surface area contributed by atoms with Crippen molar-refractivity contribution in [1.82, 2.24) is 15.1 Å². The highest BCUT2D eigenvalue weighted by atomic mass is 35.5. The van der Waals surface area contributed by atoms with Crippen molar-refractivity contribution in [2.24, 2.45) is 0 Å². The Balaban J connectivity index is 1.28. The first-order chi connectivity index (χ1) is 25.5. The van der Waals surface area contributed by atoms with Crippen LogP contribution in [0.3, 0.4) is 0 Å². The van der Waals surface area contributed by atoms with Crippen molar-refractivity contribution >= 4 is 41.4 Å². The van der Waals surface area contributed by atoms with Gasteiger partial charge in [-0.25, -0.2) is 8.78 Å². The van der Waals surface area contributed by atoms with Crippen LogP contribution in [-0.2, 0) is 36.9 Å². The molecule has 53 heavy (non-hydrogen) atoms. The Kier molecular flexibility index (Phi) is 12.0. The lowest BCUT2D eigenvalue weighted by atomic mass is 9.81. The fraction of sp³-hybridized carbons (Fsp3) is 0.385. The molecule has 2 amide bonds. The molecule has 6 rings (SSSR count). The van der Waals surface area contributed by atoms with Crippen LogP contribution in [-0.4, -0.2) is 83.1 Å². The molecule has 0 spiro atoms. The quantitative estimate of drug-likeness (QED) is 0.109. The van der Waals surface area contributed by atoms with Crippen molar-refractivity contribution in [2.45, 2.75) is 75.7 Å². The molecule has 3 aromatic rings. The lowest BCUT2D eigenvalue weighted by Gasteiger charge is -2.48. The monoisotopic (exact) mass is 753 g/mol. The number of aliphatic carboxylic acids is 1. The molecule has 280 valence electrons. The number of rotatable bonds is 16. The van der Waals surface area contributed by atoms with Gasteiger partial charge in [0.15, 0.2) is 17.4 Å². The number of carboxylic acids is 1. The van der Waals surface area contributed by atoms with Gasteiger partial charge in [-0.05, 0) is 72.6 Å². The third-order valence-corrected chi connectivity index (χ3v) is 10.2. The van der Waals surface area contributed by atoms with Gasteiger partial charge < -0.3 is 29.7 Å². The van der Waals surface area contributed by atoms with Gasteiger partial charge in [0.05, 0.1) is 25.5 Å². The number of carbonyl (C=O) groups excluding carboxylic acids is 3. The summed E-state index contributed by atoms with van der Waals surface area (Å²) in [5, 5.41) is 13.2. The average Bonchev–Trinajstić information content (AvgIpc) is 3.97. The predicted molar refractivity (Wildman–Crippen MR) is 188 cm³/mol. The Labute approximate surface area is 309 Å². The average molecular weight is 754 g/mol. The van der Waals surface area contributed by atoms with Crippen LogP contribution >= 0.6 is 11.6 Å². The van der Waals surface area contributed by atoms with Crippen LogP contribution in [0.4, 0.5) is 13.2 Å². The molecule has 2 N–H and O–H groups in total. The summed E-state index contributed by atoms with van der Waals surface area (Å²) in [6.45, 7) is 1.07. The van der Waals surface area contributed by atoms with E-state index < -0.39 is 53.6 Å². The van der Waals surface area contributed by atoms with Crippen molar-refractivity contribution in [2.75, 3.05) is 19.7 Å². The molecule has 2 bridgehead atoms. The molecule has 3 atom stereocenters. The van der Waals surface area contributed by atoms with Gasteiger partial charge in [-0.1, -0.05) is 54.1 Å². The van der Waals surface area contributed by atoms with Crippen LogP contribution in [0.1, 0.15) is 55.2 Å². The fourth-order valence-corrected chi connectivity index (χ4v) is 7.34. The van der Waals surface area contributed by atoms with Gasteiger partial charge in [0.1, 0.15) is 6.10 Å². The second-order valence-electron chi connectivity index (χ2n) is 13.5. The number of carboxylic acid groups (broad SMARTS) is 1. The van der Waals surface area contributed by atoms with E-state index >= 15 is 0 Å². The molecule has 0 unspecified atom stereocenters. The molecule has 3 aromatic carbocycles. The molecule has 1 aliphatic carbocycles. The number of aryl methyl sites for hydroxylation is 1. The number of halogens is 4. The zero-order valence-corrected chi connectivity index (χ0v) is 29.5. The van der Waals surface area contributed by atoms with Crippen LogP contribution < -0.4 is 10.1 Å². The van der Waals surface area contributed by atoms with Crippen molar-refractivity contribution in [3.05, 3.63) is 105 Å². The smallest absolute Gasteiger partial charge is 0.307 e. The van der Waals surface area contributed by atoms with Gasteiger partial charge >= 0.3 is 5.97 Å². The highest BCUT2D eigenvalue weighted by Crippen LogP contribution is 2.40. The molecule has 2 aliphatic heterocycles. The van der Waals surface area contributed by atoms with Crippen LogP contribution in [0.2, 0.25) is 5.02 Å². The first-order valence-electron chi connectivity index (χ1n) is 17.5. The Bertz CT molecular complexity index is 1890. The number of fused-ring (bicyclic) bond motifs is 2. The summed E-state index contributed by atoms with van der Waals surface area (Å²) in [5.41, 5.74) is 3.73. The molecule has 0 aromatic heterocycles. The lowest BCUT2D eigenvalue weighted by molar-refractivity contribution is -0.147. The normalized spacial score (nSPS) is 18.7.